The summed E-state index contributed by atoms with van der Waals surface area (Å²) in [5.41, 5.74) is 7.67. The molecular formula is C10H19IN4O. The molecule has 92 valence electrons. The molecule has 0 aromatic carbocycles. The molecule has 0 aliphatic carbocycles. The van der Waals surface area contributed by atoms with Crippen LogP contribution in [0, 0.1) is 13.8 Å². The standard InChI is InChI=1S/C10H18N4O.HI/c1-7-9(8(2)15-14-7)5-4-6-13-10(11)12-3;/h4-6H2,1-3H3,(H3,11,12,13);1H. The Hall–Kier alpha value is -0.790. The third-order valence-corrected chi connectivity index (χ3v) is 2.33. The quantitative estimate of drug-likeness (QED) is 0.376. The van der Waals surface area contributed by atoms with Crippen molar-refractivity contribution < 1.29 is 4.52 Å². The summed E-state index contributed by atoms with van der Waals surface area (Å²) in [6.07, 6.45) is 1.93. The van der Waals surface area contributed by atoms with Gasteiger partial charge in [-0.15, -0.1) is 24.0 Å². The lowest BCUT2D eigenvalue weighted by Gasteiger charge is -2.04. The Morgan fingerprint density at radius 2 is 2.19 bits per heavy atom. The molecule has 16 heavy (non-hydrogen) atoms. The molecule has 0 atom stereocenters. The van der Waals surface area contributed by atoms with Gasteiger partial charge in [0.2, 0.25) is 0 Å². The van der Waals surface area contributed by atoms with E-state index in [1.807, 2.05) is 13.8 Å². The molecule has 0 radical (unpaired) electrons. The highest BCUT2D eigenvalue weighted by atomic mass is 127. The second-order valence-electron chi connectivity index (χ2n) is 3.44. The van der Waals surface area contributed by atoms with Crippen molar-refractivity contribution in [3.63, 3.8) is 0 Å². The molecule has 0 bridgehead atoms. The van der Waals surface area contributed by atoms with Crippen molar-refractivity contribution in [3.05, 3.63) is 17.0 Å². The Morgan fingerprint density at radius 1 is 1.50 bits per heavy atom. The van der Waals surface area contributed by atoms with Crippen LogP contribution in [-0.2, 0) is 6.42 Å². The Labute approximate surface area is 113 Å². The van der Waals surface area contributed by atoms with Crippen molar-refractivity contribution in [2.45, 2.75) is 26.7 Å². The Morgan fingerprint density at radius 3 is 2.69 bits per heavy atom. The van der Waals surface area contributed by atoms with Crippen molar-refractivity contribution in [2.24, 2.45) is 10.7 Å². The van der Waals surface area contributed by atoms with Gasteiger partial charge in [-0.3, -0.25) is 4.99 Å². The molecule has 0 aliphatic heterocycles. The van der Waals surface area contributed by atoms with Gasteiger partial charge < -0.3 is 15.6 Å². The lowest BCUT2D eigenvalue weighted by Crippen LogP contribution is -2.32. The molecule has 6 heteroatoms. The first-order chi connectivity index (χ1) is 7.15. The van der Waals surface area contributed by atoms with E-state index in [2.05, 4.69) is 15.5 Å². The minimum Gasteiger partial charge on any atom is -0.370 e. The molecular weight excluding hydrogens is 319 g/mol. The predicted octanol–water partition coefficient (Wildman–Crippen LogP) is 1.38. The average molecular weight is 338 g/mol. The van der Waals surface area contributed by atoms with Gasteiger partial charge in [0.25, 0.3) is 0 Å². The minimum atomic E-state index is 0. The summed E-state index contributed by atoms with van der Waals surface area (Å²) in [7, 11) is 1.66. The molecule has 0 saturated carbocycles. The van der Waals surface area contributed by atoms with E-state index in [1.54, 1.807) is 7.05 Å². The van der Waals surface area contributed by atoms with E-state index in [1.165, 1.54) is 5.56 Å². The summed E-state index contributed by atoms with van der Waals surface area (Å²) in [5, 5.41) is 6.91. The summed E-state index contributed by atoms with van der Waals surface area (Å²) in [4.78, 5) is 3.81. The largest absolute Gasteiger partial charge is 0.370 e. The summed E-state index contributed by atoms with van der Waals surface area (Å²) < 4.78 is 5.08. The topological polar surface area (TPSA) is 76.4 Å². The first kappa shape index (κ1) is 15.2. The molecule has 0 amide bonds. The summed E-state index contributed by atoms with van der Waals surface area (Å²) >= 11 is 0. The molecule has 0 saturated heterocycles. The number of nitrogens with zero attached hydrogens (tertiary/aromatic N) is 2. The molecule has 1 aromatic heterocycles. The van der Waals surface area contributed by atoms with Crippen LogP contribution in [0.1, 0.15) is 23.4 Å². The van der Waals surface area contributed by atoms with Crippen LogP contribution < -0.4 is 11.1 Å². The molecule has 0 unspecified atom stereocenters. The van der Waals surface area contributed by atoms with Crippen molar-refractivity contribution in [1.82, 2.24) is 10.5 Å². The normalized spacial score (nSPS) is 11.1. The van der Waals surface area contributed by atoms with E-state index < -0.39 is 0 Å². The van der Waals surface area contributed by atoms with Gasteiger partial charge in [-0.1, -0.05) is 5.16 Å². The molecule has 1 aromatic rings. The van der Waals surface area contributed by atoms with Gasteiger partial charge >= 0.3 is 0 Å². The fraction of sp³-hybridized carbons (Fsp3) is 0.600. The monoisotopic (exact) mass is 338 g/mol. The van der Waals surface area contributed by atoms with Gasteiger partial charge in [0.1, 0.15) is 5.76 Å². The number of hydrogen-bond donors (Lipinski definition) is 2. The number of guanidine groups is 1. The van der Waals surface area contributed by atoms with Crippen molar-refractivity contribution >= 4 is 29.9 Å². The maximum Gasteiger partial charge on any atom is 0.188 e. The molecule has 0 fully saturated rings. The number of nitrogens with one attached hydrogen (secondary N) is 1. The average Bonchev–Trinajstić information content (AvgIpc) is 2.54. The van der Waals surface area contributed by atoms with Crippen molar-refractivity contribution in [2.75, 3.05) is 13.6 Å². The zero-order valence-electron chi connectivity index (χ0n) is 9.91. The zero-order valence-corrected chi connectivity index (χ0v) is 12.2. The van der Waals surface area contributed by atoms with E-state index in [0.717, 1.165) is 30.8 Å². The van der Waals surface area contributed by atoms with Crippen molar-refractivity contribution in [1.29, 1.82) is 0 Å². The van der Waals surface area contributed by atoms with Crippen LogP contribution in [0.4, 0.5) is 0 Å². The smallest absolute Gasteiger partial charge is 0.188 e. The number of rotatable bonds is 4. The van der Waals surface area contributed by atoms with Gasteiger partial charge in [0, 0.05) is 19.2 Å². The van der Waals surface area contributed by atoms with Crippen LogP contribution in [0.2, 0.25) is 0 Å². The third-order valence-electron chi connectivity index (χ3n) is 2.33. The number of hydrogen-bond acceptors (Lipinski definition) is 3. The van der Waals surface area contributed by atoms with Crippen LogP contribution in [0.25, 0.3) is 0 Å². The lowest BCUT2D eigenvalue weighted by atomic mass is 10.1. The minimum absolute atomic E-state index is 0. The Bertz CT molecular complexity index is 329. The van der Waals surface area contributed by atoms with Gasteiger partial charge in [0.05, 0.1) is 5.69 Å². The summed E-state index contributed by atoms with van der Waals surface area (Å²) in [5.74, 6) is 1.39. The number of aromatic nitrogens is 1. The Balaban J connectivity index is 0.00000225. The van der Waals surface area contributed by atoms with Crippen LogP contribution in [0.3, 0.4) is 0 Å². The Kier molecular flexibility index (Phi) is 7.11. The van der Waals surface area contributed by atoms with Crippen LogP contribution in [0.5, 0.6) is 0 Å². The highest BCUT2D eigenvalue weighted by Crippen LogP contribution is 2.13. The highest BCUT2D eigenvalue weighted by molar-refractivity contribution is 14.0. The van der Waals surface area contributed by atoms with Crippen LogP contribution >= 0.6 is 24.0 Å². The molecule has 1 rings (SSSR count). The van der Waals surface area contributed by atoms with E-state index >= 15 is 0 Å². The third kappa shape index (κ3) is 4.38. The number of aliphatic imine (C=N–C) groups is 1. The number of halogens is 1. The zero-order chi connectivity index (χ0) is 11.3. The van der Waals surface area contributed by atoms with Crippen molar-refractivity contribution in [3.8, 4) is 0 Å². The fourth-order valence-corrected chi connectivity index (χ4v) is 1.42. The molecule has 1 heterocycles. The second kappa shape index (κ2) is 7.48. The summed E-state index contributed by atoms with van der Waals surface area (Å²) in [6.45, 7) is 4.71. The SMILES string of the molecule is CN=C(N)NCCCc1c(C)noc1C.I. The second-order valence-corrected chi connectivity index (χ2v) is 3.44. The van der Waals surface area contributed by atoms with Gasteiger partial charge in [-0.25, -0.2) is 0 Å². The first-order valence-corrected chi connectivity index (χ1v) is 5.03. The fourth-order valence-electron chi connectivity index (χ4n) is 1.42. The van der Waals surface area contributed by atoms with Gasteiger partial charge in [0.15, 0.2) is 5.96 Å². The van der Waals surface area contributed by atoms with E-state index in [0.29, 0.717) is 5.96 Å². The van der Waals surface area contributed by atoms with Crippen LogP contribution in [0.15, 0.2) is 9.52 Å². The highest BCUT2D eigenvalue weighted by Gasteiger charge is 2.07. The summed E-state index contributed by atoms with van der Waals surface area (Å²) in [6, 6.07) is 0. The van der Waals surface area contributed by atoms with E-state index in [4.69, 9.17) is 10.3 Å². The van der Waals surface area contributed by atoms with Crippen LogP contribution in [-0.4, -0.2) is 24.7 Å². The molecule has 0 aliphatic rings. The lowest BCUT2D eigenvalue weighted by molar-refractivity contribution is 0.392. The molecule has 3 N–H and O–H groups in total. The molecule has 5 nitrogen and oxygen atoms in total. The predicted molar refractivity (Wildman–Crippen MR) is 75.3 cm³/mol. The van der Waals surface area contributed by atoms with Gasteiger partial charge in [-0.2, -0.15) is 0 Å². The number of aryl methyl sites for hydroxylation is 2. The maximum absolute atomic E-state index is 5.50. The van der Waals surface area contributed by atoms with Gasteiger partial charge in [-0.05, 0) is 26.7 Å². The number of nitrogens with two attached hydrogens (primary N) is 1. The molecule has 0 spiro atoms. The van der Waals surface area contributed by atoms with E-state index in [9.17, 15) is 0 Å². The first-order valence-electron chi connectivity index (χ1n) is 5.03. The van der Waals surface area contributed by atoms with E-state index in [-0.39, 0.29) is 24.0 Å². The maximum atomic E-state index is 5.50.